The molecular weight excluding hydrogens is 311 g/mol. The number of ether oxygens (including phenoxy) is 1. The van der Waals surface area contributed by atoms with Crippen LogP contribution in [-0.4, -0.2) is 23.0 Å². The minimum Gasteiger partial charge on any atom is -0.464 e. The summed E-state index contributed by atoms with van der Waals surface area (Å²) >= 11 is 0. The summed E-state index contributed by atoms with van der Waals surface area (Å²) < 4.78 is 42.3. The lowest BCUT2D eigenvalue weighted by molar-refractivity contribution is -0.137. The van der Waals surface area contributed by atoms with Gasteiger partial charge in [-0.3, -0.25) is 0 Å². The summed E-state index contributed by atoms with van der Waals surface area (Å²) in [6.45, 7) is 3.52. The van der Waals surface area contributed by atoms with Gasteiger partial charge in [-0.25, -0.2) is 14.8 Å². The summed E-state index contributed by atoms with van der Waals surface area (Å²) in [4.78, 5) is 19.8. The third-order valence-corrected chi connectivity index (χ3v) is 3.03. The Hall–Kier alpha value is -2.90. The number of halogens is 3. The van der Waals surface area contributed by atoms with E-state index in [0.717, 1.165) is 12.1 Å². The number of hydrogen-bond donors (Lipinski definition) is 1. The van der Waals surface area contributed by atoms with Gasteiger partial charge in [0, 0.05) is 11.1 Å². The Kier molecular flexibility index (Phi) is 4.35. The zero-order valence-corrected chi connectivity index (χ0v) is 12.0. The van der Waals surface area contributed by atoms with Crippen LogP contribution in [0.25, 0.3) is 17.5 Å². The van der Waals surface area contributed by atoms with Crippen LogP contribution in [0.3, 0.4) is 0 Å². The van der Waals surface area contributed by atoms with E-state index < -0.39 is 17.7 Å². The molecule has 2 N–H and O–H groups in total. The fourth-order valence-corrected chi connectivity index (χ4v) is 1.88. The van der Waals surface area contributed by atoms with Gasteiger partial charge in [-0.15, -0.1) is 0 Å². The SMILES string of the molecule is C=Cc1c(N)nc(-c2ccc(C(F)(F)F)cc2)nc1C(=O)OC. The van der Waals surface area contributed by atoms with Crippen molar-refractivity contribution in [3.8, 4) is 11.4 Å². The third-order valence-electron chi connectivity index (χ3n) is 3.03. The van der Waals surface area contributed by atoms with Crippen LogP contribution in [0.2, 0.25) is 0 Å². The van der Waals surface area contributed by atoms with Gasteiger partial charge in [0.25, 0.3) is 0 Å². The largest absolute Gasteiger partial charge is 0.464 e. The molecule has 2 aromatic rings. The molecule has 120 valence electrons. The van der Waals surface area contributed by atoms with Crippen LogP contribution in [0.1, 0.15) is 21.6 Å². The van der Waals surface area contributed by atoms with Crippen molar-refractivity contribution in [1.29, 1.82) is 0 Å². The molecule has 1 heterocycles. The number of nitrogens with zero attached hydrogens (tertiary/aromatic N) is 2. The van der Waals surface area contributed by atoms with Crippen molar-refractivity contribution in [2.75, 3.05) is 12.8 Å². The van der Waals surface area contributed by atoms with Gasteiger partial charge in [-0.05, 0) is 12.1 Å². The molecule has 0 aliphatic heterocycles. The van der Waals surface area contributed by atoms with Gasteiger partial charge in [-0.2, -0.15) is 13.2 Å². The number of nitrogens with two attached hydrogens (primary N) is 1. The van der Waals surface area contributed by atoms with E-state index in [9.17, 15) is 18.0 Å². The first-order valence-electron chi connectivity index (χ1n) is 6.33. The lowest BCUT2D eigenvalue weighted by atomic mass is 10.1. The van der Waals surface area contributed by atoms with E-state index in [1.54, 1.807) is 0 Å². The summed E-state index contributed by atoms with van der Waals surface area (Å²) in [5, 5.41) is 0. The summed E-state index contributed by atoms with van der Waals surface area (Å²) in [5.41, 5.74) is 5.33. The normalized spacial score (nSPS) is 11.1. The molecule has 0 atom stereocenters. The molecule has 23 heavy (non-hydrogen) atoms. The molecule has 0 saturated heterocycles. The van der Waals surface area contributed by atoms with Crippen molar-refractivity contribution >= 4 is 17.9 Å². The molecule has 1 aromatic carbocycles. The first-order valence-corrected chi connectivity index (χ1v) is 6.33. The van der Waals surface area contributed by atoms with E-state index in [4.69, 9.17) is 5.73 Å². The van der Waals surface area contributed by atoms with Gasteiger partial charge in [0.05, 0.1) is 12.7 Å². The third kappa shape index (κ3) is 3.31. The second-order valence-electron chi connectivity index (χ2n) is 4.47. The predicted octanol–water partition coefficient (Wildman–Crippen LogP) is 3.17. The summed E-state index contributed by atoms with van der Waals surface area (Å²) in [5.74, 6) is -0.755. The Balaban J connectivity index is 2.54. The van der Waals surface area contributed by atoms with Crippen LogP contribution in [0.4, 0.5) is 19.0 Å². The van der Waals surface area contributed by atoms with E-state index in [2.05, 4.69) is 21.3 Å². The monoisotopic (exact) mass is 323 g/mol. The lowest BCUT2D eigenvalue weighted by Crippen LogP contribution is -2.12. The number of nitrogen functional groups attached to an aromatic ring is 1. The highest BCUT2D eigenvalue weighted by atomic mass is 19.4. The van der Waals surface area contributed by atoms with Crippen LogP contribution >= 0.6 is 0 Å². The van der Waals surface area contributed by atoms with Gasteiger partial charge in [0.15, 0.2) is 11.5 Å². The molecule has 0 fully saturated rings. The van der Waals surface area contributed by atoms with Gasteiger partial charge >= 0.3 is 12.1 Å². The predicted molar refractivity (Wildman–Crippen MR) is 78.3 cm³/mol. The van der Waals surface area contributed by atoms with E-state index in [-0.39, 0.29) is 28.5 Å². The van der Waals surface area contributed by atoms with Crippen LogP contribution in [0.15, 0.2) is 30.8 Å². The lowest BCUT2D eigenvalue weighted by Gasteiger charge is -2.10. The minimum absolute atomic E-state index is 0.0159. The molecule has 0 amide bonds. The number of carbonyl (C=O) groups excluding carboxylic acids is 1. The molecule has 8 heteroatoms. The number of rotatable bonds is 3. The number of methoxy groups -OCH3 is 1. The molecule has 2 rings (SSSR count). The second kappa shape index (κ2) is 6.07. The number of alkyl halides is 3. The number of hydrogen-bond acceptors (Lipinski definition) is 5. The van der Waals surface area contributed by atoms with E-state index in [1.807, 2.05) is 0 Å². The molecule has 0 spiro atoms. The first-order chi connectivity index (χ1) is 10.8. The molecule has 0 unspecified atom stereocenters. The van der Waals surface area contributed by atoms with Crippen molar-refractivity contribution in [3.05, 3.63) is 47.7 Å². The Morgan fingerprint density at radius 3 is 2.35 bits per heavy atom. The highest BCUT2D eigenvalue weighted by Crippen LogP contribution is 2.31. The summed E-state index contributed by atoms with van der Waals surface area (Å²) in [6.07, 6.45) is -3.14. The average Bonchev–Trinajstić information content (AvgIpc) is 2.52. The maximum absolute atomic E-state index is 12.6. The highest BCUT2D eigenvalue weighted by Gasteiger charge is 2.30. The number of esters is 1. The van der Waals surface area contributed by atoms with Crippen molar-refractivity contribution in [1.82, 2.24) is 9.97 Å². The number of anilines is 1. The molecule has 0 aliphatic carbocycles. The Morgan fingerprint density at radius 2 is 1.87 bits per heavy atom. The molecular formula is C15H12F3N3O2. The zero-order chi connectivity index (χ0) is 17.2. The molecule has 5 nitrogen and oxygen atoms in total. The Labute approximate surface area is 129 Å². The van der Waals surface area contributed by atoms with Crippen LogP contribution in [0.5, 0.6) is 0 Å². The molecule has 1 aromatic heterocycles. The van der Waals surface area contributed by atoms with E-state index >= 15 is 0 Å². The van der Waals surface area contributed by atoms with Crippen molar-refractivity contribution in [2.45, 2.75) is 6.18 Å². The minimum atomic E-state index is -4.44. The molecule has 0 bridgehead atoms. The number of aromatic nitrogens is 2. The van der Waals surface area contributed by atoms with E-state index in [1.165, 1.54) is 25.3 Å². The quantitative estimate of drug-likeness (QED) is 0.878. The molecule has 0 radical (unpaired) electrons. The summed E-state index contributed by atoms with van der Waals surface area (Å²) in [7, 11) is 1.17. The van der Waals surface area contributed by atoms with Gasteiger partial charge in [0.2, 0.25) is 0 Å². The first kappa shape index (κ1) is 16.5. The standard InChI is InChI=1S/C15H12F3N3O2/c1-3-10-11(14(22)23-2)20-13(21-12(10)19)8-4-6-9(7-5-8)15(16,17)18/h3-7H,1H2,2H3,(H2,19,20,21). The maximum Gasteiger partial charge on any atom is 0.416 e. The second-order valence-corrected chi connectivity index (χ2v) is 4.47. The van der Waals surface area contributed by atoms with Crippen molar-refractivity contribution in [2.24, 2.45) is 0 Å². The highest BCUT2D eigenvalue weighted by molar-refractivity contribution is 5.93. The molecule has 0 aliphatic rings. The fraction of sp³-hybridized carbons (Fsp3) is 0.133. The van der Waals surface area contributed by atoms with Gasteiger partial charge < -0.3 is 10.5 Å². The number of carbonyl (C=O) groups is 1. The van der Waals surface area contributed by atoms with Crippen molar-refractivity contribution < 1.29 is 22.7 Å². The topological polar surface area (TPSA) is 78.1 Å². The summed E-state index contributed by atoms with van der Waals surface area (Å²) in [6, 6.07) is 4.20. The number of benzene rings is 1. The zero-order valence-electron chi connectivity index (χ0n) is 12.0. The fourth-order valence-electron chi connectivity index (χ4n) is 1.88. The van der Waals surface area contributed by atoms with E-state index in [0.29, 0.717) is 0 Å². The van der Waals surface area contributed by atoms with Crippen molar-refractivity contribution in [3.63, 3.8) is 0 Å². The Morgan fingerprint density at radius 1 is 1.26 bits per heavy atom. The van der Waals surface area contributed by atoms with Crippen LogP contribution in [-0.2, 0) is 10.9 Å². The Bertz CT molecular complexity index is 756. The average molecular weight is 323 g/mol. The van der Waals surface area contributed by atoms with Gasteiger partial charge in [-0.1, -0.05) is 24.8 Å². The van der Waals surface area contributed by atoms with Crippen LogP contribution in [0, 0.1) is 0 Å². The smallest absolute Gasteiger partial charge is 0.416 e. The molecule has 0 saturated carbocycles. The maximum atomic E-state index is 12.6. The van der Waals surface area contributed by atoms with Crippen LogP contribution < -0.4 is 5.73 Å². The van der Waals surface area contributed by atoms with Gasteiger partial charge in [0.1, 0.15) is 5.82 Å².